The van der Waals surface area contributed by atoms with Gasteiger partial charge in [0, 0.05) is 24.3 Å². The molecule has 1 saturated carbocycles. The normalized spacial score (nSPS) is 23.8. The SMILES string of the molecule is Cc1cc2ccccc2n1CC(=O)N1C[C@H](C(=O)O)[C@@H](C2CC2)C1. The summed E-state index contributed by atoms with van der Waals surface area (Å²) in [7, 11) is 0. The van der Waals surface area contributed by atoms with E-state index >= 15 is 0 Å². The molecule has 5 nitrogen and oxygen atoms in total. The van der Waals surface area contributed by atoms with E-state index in [4.69, 9.17) is 0 Å². The molecular weight excluding hydrogens is 304 g/mol. The molecule has 24 heavy (non-hydrogen) atoms. The van der Waals surface area contributed by atoms with Crippen molar-refractivity contribution >= 4 is 22.8 Å². The molecule has 126 valence electrons. The summed E-state index contributed by atoms with van der Waals surface area (Å²) >= 11 is 0. The maximum atomic E-state index is 12.8. The number of hydrogen-bond donors (Lipinski definition) is 1. The number of rotatable bonds is 4. The van der Waals surface area contributed by atoms with Gasteiger partial charge in [0.2, 0.25) is 5.91 Å². The van der Waals surface area contributed by atoms with Crippen molar-refractivity contribution in [2.75, 3.05) is 13.1 Å². The van der Waals surface area contributed by atoms with Crippen LogP contribution in [0.1, 0.15) is 18.5 Å². The molecular formula is C19H22N2O3. The van der Waals surface area contributed by atoms with Gasteiger partial charge in [0.25, 0.3) is 0 Å². The van der Waals surface area contributed by atoms with E-state index in [1.54, 1.807) is 4.90 Å². The molecule has 1 aliphatic carbocycles. The van der Waals surface area contributed by atoms with Crippen molar-refractivity contribution in [1.29, 1.82) is 0 Å². The van der Waals surface area contributed by atoms with Gasteiger partial charge < -0.3 is 14.6 Å². The van der Waals surface area contributed by atoms with Crippen LogP contribution in [0.5, 0.6) is 0 Å². The molecule has 1 aromatic carbocycles. The smallest absolute Gasteiger partial charge is 0.308 e. The third-order valence-corrected chi connectivity index (χ3v) is 5.57. The number of para-hydroxylation sites is 1. The van der Waals surface area contributed by atoms with Crippen LogP contribution in [0, 0.1) is 24.7 Å². The number of aryl methyl sites for hydroxylation is 1. The van der Waals surface area contributed by atoms with Gasteiger partial charge in [-0.05, 0) is 49.1 Å². The van der Waals surface area contributed by atoms with Crippen LogP contribution in [0.2, 0.25) is 0 Å². The van der Waals surface area contributed by atoms with Crippen LogP contribution < -0.4 is 0 Å². The van der Waals surface area contributed by atoms with Crippen molar-refractivity contribution in [3.63, 3.8) is 0 Å². The molecule has 2 aromatic rings. The molecule has 0 bridgehead atoms. The van der Waals surface area contributed by atoms with E-state index < -0.39 is 11.9 Å². The fraction of sp³-hybridized carbons (Fsp3) is 0.474. The first-order valence-electron chi connectivity index (χ1n) is 8.60. The number of carbonyl (C=O) groups is 2. The Morgan fingerprint density at radius 2 is 1.96 bits per heavy atom. The minimum Gasteiger partial charge on any atom is -0.481 e. The number of amides is 1. The summed E-state index contributed by atoms with van der Waals surface area (Å²) in [5.41, 5.74) is 2.10. The number of aliphatic carboxylic acids is 1. The topological polar surface area (TPSA) is 62.5 Å². The molecule has 1 aliphatic heterocycles. The average molecular weight is 326 g/mol. The summed E-state index contributed by atoms with van der Waals surface area (Å²) in [5.74, 6) is -0.505. The summed E-state index contributed by atoms with van der Waals surface area (Å²) in [5, 5.41) is 10.6. The zero-order chi connectivity index (χ0) is 16.8. The molecule has 2 aliphatic rings. The Kier molecular flexibility index (Phi) is 3.59. The first kappa shape index (κ1) is 15.2. The number of nitrogens with zero attached hydrogens (tertiary/aromatic N) is 2. The van der Waals surface area contributed by atoms with Gasteiger partial charge in [-0.3, -0.25) is 9.59 Å². The van der Waals surface area contributed by atoms with Gasteiger partial charge in [-0.25, -0.2) is 0 Å². The van der Waals surface area contributed by atoms with Crippen LogP contribution in [0.3, 0.4) is 0 Å². The summed E-state index contributed by atoms with van der Waals surface area (Å²) in [4.78, 5) is 26.1. The summed E-state index contributed by atoms with van der Waals surface area (Å²) < 4.78 is 2.03. The zero-order valence-corrected chi connectivity index (χ0v) is 13.8. The molecule has 1 aromatic heterocycles. The van der Waals surface area contributed by atoms with Crippen LogP contribution in [0.15, 0.2) is 30.3 Å². The van der Waals surface area contributed by atoms with Crippen molar-refractivity contribution in [2.24, 2.45) is 17.8 Å². The third-order valence-electron chi connectivity index (χ3n) is 5.57. The number of carbonyl (C=O) groups excluding carboxylic acids is 1. The number of benzene rings is 1. The number of likely N-dealkylation sites (tertiary alicyclic amines) is 1. The Morgan fingerprint density at radius 3 is 2.67 bits per heavy atom. The molecule has 0 radical (unpaired) electrons. The highest BCUT2D eigenvalue weighted by Gasteiger charge is 2.46. The minimum absolute atomic E-state index is 0.0221. The molecule has 5 heteroatoms. The van der Waals surface area contributed by atoms with Gasteiger partial charge >= 0.3 is 5.97 Å². The van der Waals surface area contributed by atoms with Crippen LogP contribution in [-0.4, -0.2) is 39.5 Å². The Hall–Kier alpha value is -2.30. The predicted octanol–water partition coefficient (Wildman–Crippen LogP) is 2.52. The molecule has 2 heterocycles. The average Bonchev–Trinajstić information content (AvgIpc) is 3.22. The van der Waals surface area contributed by atoms with Gasteiger partial charge in [-0.15, -0.1) is 0 Å². The van der Waals surface area contributed by atoms with E-state index in [0.717, 1.165) is 29.4 Å². The number of carboxylic acids is 1. The second-order valence-corrected chi connectivity index (χ2v) is 7.18. The van der Waals surface area contributed by atoms with Crippen molar-refractivity contribution in [2.45, 2.75) is 26.3 Å². The maximum absolute atomic E-state index is 12.8. The number of fused-ring (bicyclic) bond motifs is 1. The van der Waals surface area contributed by atoms with E-state index in [2.05, 4.69) is 6.07 Å². The van der Waals surface area contributed by atoms with Crippen molar-refractivity contribution in [3.8, 4) is 0 Å². The van der Waals surface area contributed by atoms with Gasteiger partial charge in [-0.1, -0.05) is 18.2 Å². The van der Waals surface area contributed by atoms with Gasteiger partial charge in [-0.2, -0.15) is 0 Å². The second kappa shape index (κ2) is 5.65. The summed E-state index contributed by atoms with van der Waals surface area (Å²) in [6, 6.07) is 10.1. The Balaban J connectivity index is 1.54. The fourth-order valence-electron chi connectivity index (χ4n) is 4.09. The van der Waals surface area contributed by atoms with Crippen molar-refractivity contribution in [1.82, 2.24) is 9.47 Å². The molecule has 2 atom stereocenters. The van der Waals surface area contributed by atoms with Crippen LogP contribution in [0.25, 0.3) is 10.9 Å². The lowest BCUT2D eigenvalue weighted by atomic mass is 9.92. The van der Waals surface area contributed by atoms with E-state index in [0.29, 0.717) is 19.0 Å². The quantitative estimate of drug-likeness (QED) is 0.939. The zero-order valence-electron chi connectivity index (χ0n) is 13.8. The van der Waals surface area contributed by atoms with Crippen LogP contribution in [-0.2, 0) is 16.1 Å². The van der Waals surface area contributed by atoms with E-state index in [1.165, 1.54) is 0 Å². The lowest BCUT2D eigenvalue weighted by Crippen LogP contribution is -2.33. The molecule has 1 saturated heterocycles. The fourth-order valence-corrected chi connectivity index (χ4v) is 4.09. The summed E-state index contributed by atoms with van der Waals surface area (Å²) in [6.07, 6.45) is 2.22. The summed E-state index contributed by atoms with van der Waals surface area (Å²) in [6.45, 7) is 3.24. The minimum atomic E-state index is -0.759. The molecule has 1 N–H and O–H groups in total. The van der Waals surface area contributed by atoms with E-state index in [9.17, 15) is 14.7 Å². The highest BCUT2D eigenvalue weighted by atomic mass is 16.4. The highest BCUT2D eigenvalue weighted by molar-refractivity contribution is 5.85. The third kappa shape index (κ3) is 2.58. The number of hydrogen-bond acceptors (Lipinski definition) is 2. The standard InChI is InChI=1S/C19H22N2O3/c1-12-8-14-4-2-3-5-17(14)21(12)11-18(22)20-9-15(13-6-7-13)16(10-20)19(23)24/h2-5,8,13,15-16H,6-7,9-11H2,1H3,(H,23,24)/t15-,16+/m1/s1. The number of aromatic nitrogens is 1. The first-order chi connectivity index (χ1) is 11.5. The maximum Gasteiger partial charge on any atom is 0.308 e. The van der Waals surface area contributed by atoms with E-state index in [-0.39, 0.29) is 18.4 Å². The monoisotopic (exact) mass is 326 g/mol. The lowest BCUT2D eigenvalue weighted by molar-refractivity contribution is -0.142. The van der Waals surface area contributed by atoms with Crippen LogP contribution in [0.4, 0.5) is 0 Å². The largest absolute Gasteiger partial charge is 0.481 e. The van der Waals surface area contributed by atoms with Gasteiger partial charge in [0.1, 0.15) is 6.54 Å². The molecule has 4 rings (SSSR count). The molecule has 1 amide bonds. The predicted molar refractivity (Wildman–Crippen MR) is 90.6 cm³/mol. The van der Waals surface area contributed by atoms with Gasteiger partial charge in [0.15, 0.2) is 0 Å². The van der Waals surface area contributed by atoms with E-state index in [1.807, 2.05) is 35.8 Å². The Morgan fingerprint density at radius 1 is 1.21 bits per heavy atom. The number of carboxylic acid groups (broad SMARTS) is 1. The lowest BCUT2D eigenvalue weighted by Gasteiger charge is -2.18. The Labute approximate surface area is 140 Å². The highest BCUT2D eigenvalue weighted by Crippen LogP contribution is 2.44. The van der Waals surface area contributed by atoms with Crippen molar-refractivity contribution < 1.29 is 14.7 Å². The van der Waals surface area contributed by atoms with Crippen LogP contribution >= 0.6 is 0 Å². The Bertz CT molecular complexity index is 806. The molecule has 2 fully saturated rings. The molecule has 0 unspecified atom stereocenters. The van der Waals surface area contributed by atoms with Crippen molar-refractivity contribution in [3.05, 3.63) is 36.0 Å². The van der Waals surface area contributed by atoms with Gasteiger partial charge in [0.05, 0.1) is 5.92 Å². The second-order valence-electron chi connectivity index (χ2n) is 7.18. The first-order valence-corrected chi connectivity index (χ1v) is 8.60. The molecule has 0 spiro atoms.